The minimum atomic E-state index is -2.38. The second-order valence-electron chi connectivity index (χ2n) is 3.22. The van der Waals surface area contributed by atoms with Crippen LogP contribution in [0.2, 0.25) is 0 Å². The van der Waals surface area contributed by atoms with Crippen molar-refractivity contribution in [2.45, 2.75) is 13.0 Å². The lowest BCUT2D eigenvalue weighted by Gasteiger charge is -2.06. The number of halogens is 2. The maximum absolute atomic E-state index is 12.4. The summed E-state index contributed by atoms with van der Waals surface area (Å²) in [6.07, 6.45) is -0.338. The van der Waals surface area contributed by atoms with E-state index in [1.165, 1.54) is 6.07 Å². The van der Waals surface area contributed by atoms with E-state index >= 15 is 0 Å². The molecule has 0 bridgehead atoms. The molecule has 0 saturated carbocycles. The molecule has 0 atom stereocenters. The van der Waals surface area contributed by atoms with Gasteiger partial charge < -0.3 is 5.32 Å². The molecule has 0 heterocycles. The van der Waals surface area contributed by atoms with Crippen LogP contribution in [-0.4, -0.2) is 18.6 Å². The van der Waals surface area contributed by atoms with Gasteiger partial charge in [-0.2, -0.15) is 11.8 Å². The maximum Gasteiger partial charge on any atom is 0.263 e. The van der Waals surface area contributed by atoms with Crippen LogP contribution in [0.15, 0.2) is 24.3 Å². The zero-order valence-electron chi connectivity index (χ0n) is 8.67. The Morgan fingerprint density at radius 3 is 2.87 bits per heavy atom. The summed E-state index contributed by atoms with van der Waals surface area (Å²) < 4.78 is 24.7. The molecule has 15 heavy (non-hydrogen) atoms. The number of alkyl halides is 2. The normalized spacial score (nSPS) is 10.9. The van der Waals surface area contributed by atoms with Gasteiger partial charge in [0.2, 0.25) is 0 Å². The molecule has 1 aromatic carbocycles. The van der Waals surface area contributed by atoms with Gasteiger partial charge in [0.25, 0.3) is 6.43 Å². The van der Waals surface area contributed by atoms with Crippen molar-refractivity contribution in [2.75, 3.05) is 18.6 Å². The molecule has 0 unspecified atom stereocenters. The van der Waals surface area contributed by atoms with E-state index in [0.717, 1.165) is 17.9 Å². The molecule has 4 heteroatoms. The highest BCUT2D eigenvalue weighted by molar-refractivity contribution is 7.98. The van der Waals surface area contributed by atoms with Gasteiger partial charge in [0.15, 0.2) is 0 Å². The Balaban J connectivity index is 2.43. The van der Waals surface area contributed by atoms with E-state index in [-0.39, 0.29) is 5.56 Å². The minimum Gasteiger partial charge on any atom is -0.312 e. The maximum atomic E-state index is 12.4. The Hall–Kier alpha value is -0.610. The van der Waals surface area contributed by atoms with Crippen LogP contribution >= 0.6 is 11.8 Å². The fourth-order valence-corrected chi connectivity index (χ4v) is 1.59. The molecular weight excluding hydrogens is 216 g/mol. The van der Waals surface area contributed by atoms with Crippen molar-refractivity contribution >= 4 is 11.8 Å². The SMILES string of the molecule is CSCCNCc1cccc(C(F)F)c1. The molecule has 0 fully saturated rings. The van der Waals surface area contributed by atoms with Gasteiger partial charge in [-0.1, -0.05) is 18.2 Å². The van der Waals surface area contributed by atoms with E-state index in [2.05, 4.69) is 5.32 Å². The smallest absolute Gasteiger partial charge is 0.263 e. The van der Waals surface area contributed by atoms with Gasteiger partial charge in [-0.05, 0) is 17.9 Å². The van der Waals surface area contributed by atoms with Crippen molar-refractivity contribution in [1.82, 2.24) is 5.32 Å². The fourth-order valence-electron chi connectivity index (χ4n) is 1.25. The molecule has 1 rings (SSSR count). The average Bonchev–Trinajstić information content (AvgIpc) is 2.25. The van der Waals surface area contributed by atoms with Crippen LogP contribution in [0.4, 0.5) is 8.78 Å². The molecule has 1 aromatic rings. The summed E-state index contributed by atoms with van der Waals surface area (Å²) in [6.45, 7) is 1.56. The summed E-state index contributed by atoms with van der Waals surface area (Å²) in [5.74, 6) is 1.04. The summed E-state index contributed by atoms with van der Waals surface area (Å²) in [5, 5.41) is 3.20. The van der Waals surface area contributed by atoms with E-state index in [0.29, 0.717) is 6.54 Å². The van der Waals surface area contributed by atoms with Crippen LogP contribution < -0.4 is 5.32 Å². The second kappa shape index (κ2) is 6.80. The minimum absolute atomic E-state index is 0.0965. The molecule has 84 valence electrons. The summed E-state index contributed by atoms with van der Waals surface area (Å²) in [6, 6.07) is 6.54. The summed E-state index contributed by atoms with van der Waals surface area (Å²) >= 11 is 1.76. The van der Waals surface area contributed by atoms with Crippen LogP contribution in [0, 0.1) is 0 Å². The average molecular weight is 231 g/mol. The molecule has 0 aliphatic rings. The van der Waals surface area contributed by atoms with Crippen molar-refractivity contribution in [2.24, 2.45) is 0 Å². The third kappa shape index (κ3) is 4.62. The van der Waals surface area contributed by atoms with Crippen LogP contribution in [0.25, 0.3) is 0 Å². The Kier molecular flexibility index (Phi) is 5.65. The molecule has 1 nitrogen and oxygen atoms in total. The Morgan fingerprint density at radius 1 is 1.40 bits per heavy atom. The zero-order valence-corrected chi connectivity index (χ0v) is 9.49. The highest BCUT2D eigenvalue weighted by Gasteiger charge is 2.06. The zero-order chi connectivity index (χ0) is 11.1. The van der Waals surface area contributed by atoms with Crippen molar-refractivity contribution in [1.29, 1.82) is 0 Å². The predicted octanol–water partition coefficient (Wildman–Crippen LogP) is 3.08. The van der Waals surface area contributed by atoms with Gasteiger partial charge in [-0.15, -0.1) is 0 Å². The lowest BCUT2D eigenvalue weighted by molar-refractivity contribution is 0.151. The lowest BCUT2D eigenvalue weighted by atomic mass is 10.1. The highest BCUT2D eigenvalue weighted by Crippen LogP contribution is 2.19. The number of hydrogen-bond donors (Lipinski definition) is 1. The molecule has 0 aliphatic heterocycles. The van der Waals surface area contributed by atoms with E-state index in [9.17, 15) is 8.78 Å². The predicted molar refractivity (Wildman–Crippen MR) is 61.5 cm³/mol. The third-order valence-electron chi connectivity index (χ3n) is 2.02. The quantitative estimate of drug-likeness (QED) is 0.755. The first-order valence-electron chi connectivity index (χ1n) is 4.80. The number of rotatable bonds is 6. The first-order chi connectivity index (χ1) is 7.24. The molecule has 1 N–H and O–H groups in total. The monoisotopic (exact) mass is 231 g/mol. The lowest BCUT2D eigenvalue weighted by Crippen LogP contribution is -2.16. The molecular formula is C11H15F2NS. The third-order valence-corrected chi connectivity index (χ3v) is 2.63. The van der Waals surface area contributed by atoms with Crippen molar-refractivity contribution in [3.63, 3.8) is 0 Å². The number of nitrogens with one attached hydrogen (secondary N) is 1. The molecule has 0 saturated heterocycles. The summed E-state index contributed by atoms with van der Waals surface area (Å²) in [7, 11) is 0. The van der Waals surface area contributed by atoms with E-state index in [1.54, 1.807) is 23.9 Å². The number of benzene rings is 1. The molecule has 0 aliphatic carbocycles. The molecule has 0 spiro atoms. The summed E-state index contributed by atoms with van der Waals surface area (Å²) in [4.78, 5) is 0. The van der Waals surface area contributed by atoms with Gasteiger partial charge >= 0.3 is 0 Å². The van der Waals surface area contributed by atoms with E-state index in [4.69, 9.17) is 0 Å². The number of hydrogen-bond acceptors (Lipinski definition) is 2. The first kappa shape index (κ1) is 12.5. The van der Waals surface area contributed by atoms with Gasteiger partial charge in [0, 0.05) is 24.4 Å². The Labute approximate surface area is 93.3 Å². The highest BCUT2D eigenvalue weighted by atomic mass is 32.2. The summed E-state index contributed by atoms with van der Waals surface area (Å²) in [5.41, 5.74) is 1.01. The van der Waals surface area contributed by atoms with E-state index in [1.807, 2.05) is 12.3 Å². The first-order valence-corrected chi connectivity index (χ1v) is 6.20. The standard InChI is InChI=1S/C11H15F2NS/c1-15-6-5-14-8-9-3-2-4-10(7-9)11(12)13/h2-4,7,11,14H,5-6,8H2,1H3. The Morgan fingerprint density at radius 2 is 2.20 bits per heavy atom. The van der Waals surface area contributed by atoms with Crippen LogP contribution in [-0.2, 0) is 6.54 Å². The van der Waals surface area contributed by atoms with Crippen molar-refractivity contribution in [3.05, 3.63) is 35.4 Å². The second-order valence-corrected chi connectivity index (χ2v) is 4.20. The molecule has 0 amide bonds. The van der Waals surface area contributed by atoms with Crippen LogP contribution in [0.5, 0.6) is 0 Å². The largest absolute Gasteiger partial charge is 0.312 e. The fraction of sp³-hybridized carbons (Fsp3) is 0.455. The van der Waals surface area contributed by atoms with Crippen LogP contribution in [0.1, 0.15) is 17.6 Å². The van der Waals surface area contributed by atoms with Gasteiger partial charge in [0.05, 0.1) is 0 Å². The van der Waals surface area contributed by atoms with Crippen molar-refractivity contribution in [3.8, 4) is 0 Å². The molecule has 0 aromatic heterocycles. The van der Waals surface area contributed by atoms with Gasteiger partial charge in [-0.25, -0.2) is 8.78 Å². The Bertz CT molecular complexity index is 292. The topological polar surface area (TPSA) is 12.0 Å². The molecule has 0 radical (unpaired) electrons. The van der Waals surface area contributed by atoms with Gasteiger partial charge in [0.1, 0.15) is 0 Å². The van der Waals surface area contributed by atoms with E-state index < -0.39 is 6.43 Å². The van der Waals surface area contributed by atoms with Crippen molar-refractivity contribution < 1.29 is 8.78 Å². The number of thioether (sulfide) groups is 1. The van der Waals surface area contributed by atoms with Gasteiger partial charge in [-0.3, -0.25) is 0 Å². The van der Waals surface area contributed by atoms with Crippen LogP contribution in [0.3, 0.4) is 0 Å².